The van der Waals surface area contributed by atoms with Gasteiger partial charge in [-0.1, -0.05) is 116 Å². The average molecular weight is 722 g/mol. The highest BCUT2D eigenvalue weighted by Crippen LogP contribution is 2.42. The number of ether oxygens (including phenoxy) is 3. The van der Waals surface area contributed by atoms with Gasteiger partial charge in [0.15, 0.2) is 6.29 Å². The van der Waals surface area contributed by atoms with E-state index in [0.29, 0.717) is 6.54 Å². The van der Waals surface area contributed by atoms with Crippen LogP contribution in [0.1, 0.15) is 72.1 Å². The van der Waals surface area contributed by atoms with Crippen molar-refractivity contribution in [2.75, 3.05) is 13.6 Å². The van der Waals surface area contributed by atoms with Crippen molar-refractivity contribution < 1.29 is 38.8 Å². The Morgan fingerprint density at radius 1 is 0.887 bits per heavy atom. The summed E-state index contributed by atoms with van der Waals surface area (Å²) in [5.74, 6) is -0.926. The molecule has 0 bridgehead atoms. The fraction of sp³-hybridized carbons (Fsp3) is 0.357. The zero-order valence-electron chi connectivity index (χ0n) is 30.2. The van der Waals surface area contributed by atoms with Crippen molar-refractivity contribution in [2.24, 2.45) is 5.92 Å². The zero-order valence-corrected chi connectivity index (χ0v) is 30.2. The molecule has 3 N–H and O–H groups in total. The zero-order chi connectivity index (χ0) is 37.5. The first kappa shape index (κ1) is 37.8. The van der Waals surface area contributed by atoms with E-state index in [2.05, 4.69) is 17.1 Å². The Morgan fingerprint density at radius 2 is 1.51 bits per heavy atom. The number of carbonyl (C=O) groups excluding carboxylic acids is 3. The molecular weight excluding hydrogens is 674 g/mol. The minimum Gasteiger partial charge on any atom is -0.445 e. The number of likely N-dealkylation sites (tertiary alicyclic amines) is 1. The third-order valence-electron chi connectivity index (χ3n) is 10.2. The molecule has 0 radical (unpaired) electrons. The Kier molecular flexibility index (Phi) is 12.3. The minimum atomic E-state index is -0.994. The summed E-state index contributed by atoms with van der Waals surface area (Å²) in [4.78, 5) is 41.6. The summed E-state index contributed by atoms with van der Waals surface area (Å²) in [5, 5.41) is 23.3. The number of imide groups is 1. The van der Waals surface area contributed by atoms with Gasteiger partial charge < -0.3 is 29.7 Å². The van der Waals surface area contributed by atoms with E-state index >= 15 is 0 Å². The summed E-state index contributed by atoms with van der Waals surface area (Å²) in [7, 11) is 1.98. The van der Waals surface area contributed by atoms with Crippen molar-refractivity contribution >= 4 is 17.9 Å². The molecule has 7 atom stereocenters. The molecule has 2 aliphatic rings. The number of alkyl carbamates (subject to hydrolysis) is 1. The number of hydrogen-bond acceptors (Lipinski definition) is 9. The Morgan fingerprint density at radius 3 is 2.17 bits per heavy atom. The first-order valence-corrected chi connectivity index (χ1v) is 18.0. The Balaban J connectivity index is 1.12. The molecule has 3 amide bonds. The summed E-state index contributed by atoms with van der Waals surface area (Å²) in [6.07, 6.45) is -2.90. The van der Waals surface area contributed by atoms with Crippen LogP contribution in [-0.4, -0.2) is 69.7 Å². The molecule has 11 heteroatoms. The van der Waals surface area contributed by atoms with Gasteiger partial charge in [0, 0.05) is 24.1 Å². The summed E-state index contributed by atoms with van der Waals surface area (Å²) in [6.45, 7) is 4.67. The predicted octanol–water partition coefficient (Wildman–Crippen LogP) is 5.58. The molecule has 0 saturated carbocycles. The third kappa shape index (κ3) is 9.19. The van der Waals surface area contributed by atoms with Crippen LogP contribution in [0.15, 0.2) is 109 Å². The lowest BCUT2D eigenvalue weighted by atomic mass is 9.89. The molecule has 11 nitrogen and oxygen atoms in total. The van der Waals surface area contributed by atoms with Crippen LogP contribution in [0.2, 0.25) is 0 Å². The molecule has 0 spiro atoms. The van der Waals surface area contributed by atoms with Crippen molar-refractivity contribution in [1.82, 2.24) is 15.1 Å². The number of likely N-dealkylation sites (N-methyl/N-ethyl adjacent to an activating group) is 1. The van der Waals surface area contributed by atoms with Gasteiger partial charge in [-0.05, 0) is 41.8 Å². The largest absolute Gasteiger partial charge is 0.445 e. The molecular formula is C42H47N3O8. The van der Waals surface area contributed by atoms with Gasteiger partial charge in [0.25, 0.3) is 5.91 Å². The van der Waals surface area contributed by atoms with Gasteiger partial charge >= 0.3 is 6.09 Å². The molecule has 2 heterocycles. The normalized spacial score (nSPS) is 22.8. The molecule has 0 aromatic heterocycles. The number of benzene rings is 4. The third-order valence-corrected chi connectivity index (χ3v) is 10.2. The van der Waals surface area contributed by atoms with Crippen LogP contribution >= 0.6 is 0 Å². The molecule has 2 aliphatic heterocycles. The highest BCUT2D eigenvalue weighted by Gasteiger charge is 2.41. The number of aliphatic hydroxyl groups excluding tert-OH is 2. The highest BCUT2D eigenvalue weighted by atomic mass is 16.7. The second-order valence-corrected chi connectivity index (χ2v) is 13.9. The van der Waals surface area contributed by atoms with Crippen LogP contribution in [0.5, 0.6) is 0 Å². The summed E-state index contributed by atoms with van der Waals surface area (Å²) in [5.41, 5.74) is 4.91. The van der Waals surface area contributed by atoms with Crippen LogP contribution in [0, 0.1) is 5.92 Å². The van der Waals surface area contributed by atoms with Gasteiger partial charge in [-0.3, -0.25) is 19.4 Å². The van der Waals surface area contributed by atoms with E-state index in [0.717, 1.165) is 38.3 Å². The molecule has 0 aliphatic carbocycles. The lowest BCUT2D eigenvalue weighted by molar-refractivity contribution is -0.276. The summed E-state index contributed by atoms with van der Waals surface area (Å²) < 4.78 is 18.5. The van der Waals surface area contributed by atoms with Gasteiger partial charge in [-0.25, -0.2) is 4.79 Å². The van der Waals surface area contributed by atoms with Crippen molar-refractivity contribution in [3.05, 3.63) is 143 Å². The maximum Gasteiger partial charge on any atom is 0.408 e. The van der Waals surface area contributed by atoms with Crippen LogP contribution in [0.4, 0.5) is 4.79 Å². The van der Waals surface area contributed by atoms with Gasteiger partial charge in [-0.15, -0.1) is 0 Å². The van der Waals surface area contributed by atoms with E-state index in [1.807, 2.05) is 123 Å². The van der Waals surface area contributed by atoms with Crippen molar-refractivity contribution in [3.63, 3.8) is 0 Å². The van der Waals surface area contributed by atoms with E-state index < -0.39 is 30.4 Å². The summed E-state index contributed by atoms with van der Waals surface area (Å²) in [6, 6.07) is 32.7. The van der Waals surface area contributed by atoms with Crippen LogP contribution in [-0.2, 0) is 43.6 Å². The standard InChI is InChI=1S/C42H47N3O8/c1-27-36(24-44(3)28(2)38(48)32-12-8-5-9-13-32)52-41(53-39(27)33-18-16-30(25-46)17-19-33)34-20-14-29(15-21-34)23-45-37(47)22-35(40(45)49)43-42(50)51-26-31-10-6-4-7-11-31/h4-21,27-28,35-36,38-39,41,46,48H,22-26H2,1-3H3,(H,43,50)/t27-,28+,35?,36+,38+,39+,41+/m1/s1. The number of amides is 3. The minimum absolute atomic E-state index is 0.0491. The molecule has 53 heavy (non-hydrogen) atoms. The number of hydrogen-bond donors (Lipinski definition) is 3. The number of carbonyl (C=O) groups is 3. The molecule has 2 fully saturated rings. The lowest BCUT2D eigenvalue weighted by Gasteiger charge is -2.43. The molecule has 4 aromatic rings. The Labute approximate surface area is 310 Å². The van der Waals surface area contributed by atoms with E-state index in [1.165, 1.54) is 0 Å². The highest BCUT2D eigenvalue weighted by molar-refractivity contribution is 6.06. The van der Waals surface area contributed by atoms with Crippen molar-refractivity contribution in [1.29, 1.82) is 0 Å². The van der Waals surface area contributed by atoms with E-state index in [-0.39, 0.29) is 56.3 Å². The maximum absolute atomic E-state index is 13.1. The SMILES string of the molecule is C[C@@H]1[C@H](CN(C)[C@@H](C)[C@H](O)c2ccccc2)O[C@H](c2ccc(CN3C(=O)CC(NC(=O)OCc4ccccc4)C3=O)cc2)O[C@@H]1c1ccc(CO)cc1. The van der Waals surface area contributed by atoms with Gasteiger partial charge in [0.2, 0.25) is 5.91 Å². The van der Waals surface area contributed by atoms with Gasteiger partial charge in [0.05, 0.1) is 37.9 Å². The second-order valence-electron chi connectivity index (χ2n) is 13.9. The molecule has 6 rings (SSSR count). The monoisotopic (exact) mass is 721 g/mol. The van der Waals surface area contributed by atoms with Crippen LogP contribution < -0.4 is 5.32 Å². The van der Waals surface area contributed by atoms with E-state index in [4.69, 9.17) is 14.2 Å². The Bertz CT molecular complexity index is 1820. The van der Waals surface area contributed by atoms with Crippen LogP contribution in [0.3, 0.4) is 0 Å². The fourth-order valence-corrected chi connectivity index (χ4v) is 6.78. The molecule has 2 saturated heterocycles. The first-order valence-electron chi connectivity index (χ1n) is 18.0. The van der Waals surface area contributed by atoms with Gasteiger partial charge in [0.1, 0.15) is 12.6 Å². The predicted molar refractivity (Wildman–Crippen MR) is 197 cm³/mol. The molecule has 278 valence electrons. The smallest absolute Gasteiger partial charge is 0.408 e. The number of aliphatic hydroxyl groups is 2. The number of rotatable bonds is 13. The quantitative estimate of drug-likeness (QED) is 0.151. The summed E-state index contributed by atoms with van der Waals surface area (Å²) >= 11 is 0. The second kappa shape index (κ2) is 17.3. The van der Waals surface area contributed by atoms with E-state index in [1.54, 1.807) is 0 Å². The van der Waals surface area contributed by atoms with E-state index in [9.17, 15) is 24.6 Å². The lowest BCUT2D eigenvalue weighted by Crippen LogP contribution is -2.46. The molecule has 4 aromatic carbocycles. The van der Waals surface area contributed by atoms with Crippen molar-refractivity contribution in [2.45, 2.75) is 76.7 Å². The topological polar surface area (TPSA) is 138 Å². The molecule has 1 unspecified atom stereocenters. The first-order chi connectivity index (χ1) is 25.6. The van der Waals surface area contributed by atoms with Gasteiger partial charge in [-0.2, -0.15) is 0 Å². The number of nitrogens with one attached hydrogen (secondary N) is 1. The Hall–Kier alpha value is -4.91. The number of nitrogens with zero attached hydrogens (tertiary/aromatic N) is 2. The van der Waals surface area contributed by atoms with Crippen molar-refractivity contribution in [3.8, 4) is 0 Å². The van der Waals surface area contributed by atoms with Crippen LogP contribution in [0.25, 0.3) is 0 Å². The average Bonchev–Trinajstić information content (AvgIpc) is 3.45. The fourth-order valence-electron chi connectivity index (χ4n) is 6.78. The maximum atomic E-state index is 13.1.